The Kier molecular flexibility index (Phi) is 61.3. The van der Waals surface area contributed by atoms with Crippen LogP contribution in [0.25, 0.3) is 0 Å². The van der Waals surface area contributed by atoms with E-state index in [2.05, 4.69) is 55.4 Å². The minimum atomic E-state index is -4.95. The van der Waals surface area contributed by atoms with Gasteiger partial charge in [-0.2, -0.15) is 0 Å². The Morgan fingerprint density at radius 1 is 0.304 bits per heavy atom. The highest BCUT2D eigenvalue weighted by atomic mass is 31.2. The summed E-state index contributed by atoms with van der Waals surface area (Å²) < 4.78 is 68.4. The van der Waals surface area contributed by atoms with Gasteiger partial charge in [0.25, 0.3) is 0 Å². The molecule has 0 aromatic carbocycles. The van der Waals surface area contributed by atoms with Gasteiger partial charge < -0.3 is 33.8 Å². The standard InChI is InChI=1S/C73H142O17P2/c1-9-65(7)51-43-35-27-23-24-28-37-45-53-70(75)83-59-68(89-73(78)56-48-40-30-22-18-17-20-26-34-42-50-64(5)6)61-87-91(79,80)85-57-67(74)58-86-92(81,82)88-62-69(60-84-71(76)54-46-38-32-31-36-44-52-66(8)10-2)90-72(77)55-47-39-29-21-16-14-12-11-13-15-19-25-33-41-49-63(3)4/h63-69,74H,9-62H2,1-8H3,(H,79,80)(H,81,82)/t65?,66?,67-,68-,69-/m1/s1. The van der Waals surface area contributed by atoms with Crippen LogP contribution in [0.3, 0.4) is 0 Å². The summed E-state index contributed by atoms with van der Waals surface area (Å²) in [6.45, 7) is 14.2. The third-order valence-corrected chi connectivity index (χ3v) is 19.4. The first kappa shape index (κ1) is 90.1. The normalized spacial score (nSPS) is 14.8. The molecule has 17 nitrogen and oxygen atoms in total. The number of carbonyl (C=O) groups is 4. The average Bonchev–Trinajstić information content (AvgIpc) is 3.11. The van der Waals surface area contributed by atoms with E-state index < -0.39 is 97.5 Å². The van der Waals surface area contributed by atoms with Gasteiger partial charge in [0, 0.05) is 25.7 Å². The van der Waals surface area contributed by atoms with Gasteiger partial charge in [-0.05, 0) is 49.4 Å². The first-order chi connectivity index (χ1) is 44.2. The first-order valence-electron chi connectivity index (χ1n) is 37.8. The van der Waals surface area contributed by atoms with Crippen molar-refractivity contribution >= 4 is 39.5 Å². The summed E-state index contributed by atoms with van der Waals surface area (Å²) in [5.74, 6) is 0.929. The van der Waals surface area contributed by atoms with Crippen LogP contribution in [0.4, 0.5) is 0 Å². The molecule has 19 heteroatoms. The Morgan fingerprint density at radius 3 is 0.772 bits per heavy atom. The fourth-order valence-corrected chi connectivity index (χ4v) is 12.5. The molecule has 0 aromatic rings. The number of unbranched alkanes of at least 4 members (excludes halogenated alkanes) is 34. The van der Waals surface area contributed by atoms with Crippen LogP contribution < -0.4 is 0 Å². The summed E-state index contributed by atoms with van der Waals surface area (Å²) in [5.41, 5.74) is 0. The molecule has 0 fully saturated rings. The molecule has 0 radical (unpaired) electrons. The van der Waals surface area contributed by atoms with Crippen molar-refractivity contribution in [2.45, 2.75) is 382 Å². The van der Waals surface area contributed by atoms with Gasteiger partial charge in [-0.3, -0.25) is 37.3 Å². The summed E-state index contributed by atoms with van der Waals surface area (Å²) in [4.78, 5) is 72.7. The van der Waals surface area contributed by atoms with Gasteiger partial charge >= 0.3 is 39.5 Å². The summed E-state index contributed by atoms with van der Waals surface area (Å²) >= 11 is 0. The fraction of sp³-hybridized carbons (Fsp3) is 0.945. The van der Waals surface area contributed by atoms with Crippen LogP contribution in [-0.2, 0) is 65.4 Å². The third kappa shape index (κ3) is 64.1. The SMILES string of the molecule is CCC(C)CCCCCCCCCCC(=O)OC[C@H](COP(=O)(O)OC[C@@H](O)COP(=O)(O)OC[C@@H](COC(=O)CCCCCCCCC(C)CC)OC(=O)CCCCCCCCCCCCCCCCC(C)C)OC(=O)CCCCCCCCCCCCC(C)C. The van der Waals surface area contributed by atoms with Gasteiger partial charge in [-0.15, -0.1) is 0 Å². The molecule has 0 aliphatic carbocycles. The third-order valence-electron chi connectivity index (χ3n) is 17.5. The Labute approximate surface area is 562 Å². The highest BCUT2D eigenvalue weighted by Gasteiger charge is 2.30. The van der Waals surface area contributed by atoms with E-state index in [1.807, 2.05) is 0 Å². The molecule has 0 heterocycles. The fourth-order valence-electron chi connectivity index (χ4n) is 11.0. The summed E-state index contributed by atoms with van der Waals surface area (Å²) in [6, 6.07) is 0. The molecule has 0 rings (SSSR count). The number of carbonyl (C=O) groups excluding carboxylic acids is 4. The molecule has 92 heavy (non-hydrogen) atoms. The maximum atomic E-state index is 13.0. The van der Waals surface area contributed by atoms with Crippen LogP contribution in [0.1, 0.15) is 364 Å². The molecule has 0 aliphatic rings. The second-order valence-corrected chi connectivity index (χ2v) is 30.7. The zero-order valence-electron chi connectivity index (χ0n) is 60.2. The number of rotatable bonds is 70. The molecule has 0 spiro atoms. The van der Waals surface area contributed by atoms with Gasteiger partial charge in [0.05, 0.1) is 26.4 Å². The van der Waals surface area contributed by atoms with Crippen molar-refractivity contribution < 1.29 is 80.2 Å². The van der Waals surface area contributed by atoms with Crippen LogP contribution in [0.15, 0.2) is 0 Å². The number of aliphatic hydroxyl groups excluding tert-OH is 1. The lowest BCUT2D eigenvalue weighted by atomic mass is 9.99. The Bertz CT molecular complexity index is 1820. The number of phosphoric ester groups is 2. The number of hydrogen-bond acceptors (Lipinski definition) is 15. The van der Waals surface area contributed by atoms with E-state index >= 15 is 0 Å². The zero-order chi connectivity index (χ0) is 68.2. The van der Waals surface area contributed by atoms with E-state index in [0.717, 1.165) is 120 Å². The lowest BCUT2D eigenvalue weighted by molar-refractivity contribution is -0.161. The van der Waals surface area contributed by atoms with Crippen molar-refractivity contribution in [3.8, 4) is 0 Å². The molecule has 3 N–H and O–H groups in total. The van der Waals surface area contributed by atoms with E-state index in [-0.39, 0.29) is 25.7 Å². The van der Waals surface area contributed by atoms with E-state index in [1.165, 1.54) is 161 Å². The van der Waals surface area contributed by atoms with Crippen molar-refractivity contribution in [3.63, 3.8) is 0 Å². The zero-order valence-corrected chi connectivity index (χ0v) is 62.0. The van der Waals surface area contributed by atoms with Gasteiger partial charge in [0.1, 0.15) is 19.3 Å². The van der Waals surface area contributed by atoms with Crippen molar-refractivity contribution in [2.75, 3.05) is 39.6 Å². The lowest BCUT2D eigenvalue weighted by Crippen LogP contribution is -2.30. The van der Waals surface area contributed by atoms with Crippen LogP contribution in [0.5, 0.6) is 0 Å². The molecule has 0 bridgehead atoms. The Balaban J connectivity index is 5.25. The van der Waals surface area contributed by atoms with E-state index in [0.29, 0.717) is 25.7 Å². The van der Waals surface area contributed by atoms with E-state index in [4.69, 9.17) is 37.0 Å². The van der Waals surface area contributed by atoms with Gasteiger partial charge in [0.15, 0.2) is 12.2 Å². The number of esters is 4. The average molecular weight is 1350 g/mol. The largest absolute Gasteiger partial charge is 0.472 e. The molecule has 546 valence electrons. The van der Waals surface area contributed by atoms with Gasteiger partial charge in [-0.1, -0.05) is 312 Å². The highest BCUT2D eigenvalue weighted by molar-refractivity contribution is 7.47. The summed E-state index contributed by atoms with van der Waals surface area (Å²) in [5, 5.41) is 10.6. The number of aliphatic hydroxyl groups is 1. The predicted octanol–water partition coefficient (Wildman–Crippen LogP) is 20.9. The molecule has 0 saturated heterocycles. The monoisotopic (exact) mass is 1350 g/mol. The van der Waals surface area contributed by atoms with E-state index in [1.54, 1.807) is 0 Å². The minimum Gasteiger partial charge on any atom is -0.462 e. The number of phosphoric acid groups is 2. The lowest BCUT2D eigenvalue weighted by Gasteiger charge is -2.21. The van der Waals surface area contributed by atoms with Crippen LogP contribution in [0.2, 0.25) is 0 Å². The van der Waals surface area contributed by atoms with Crippen molar-refractivity contribution in [1.29, 1.82) is 0 Å². The van der Waals surface area contributed by atoms with Gasteiger partial charge in [-0.25, -0.2) is 9.13 Å². The molecule has 0 aliphatic heterocycles. The summed E-state index contributed by atoms with van der Waals surface area (Å²) in [7, 11) is -9.91. The molecule has 7 atom stereocenters. The quantitative estimate of drug-likeness (QED) is 0.0222. The molecule has 4 unspecified atom stereocenters. The van der Waals surface area contributed by atoms with Gasteiger partial charge in [0.2, 0.25) is 0 Å². The maximum absolute atomic E-state index is 13.0. The Hall–Kier alpha value is -1.94. The highest BCUT2D eigenvalue weighted by Crippen LogP contribution is 2.45. The molecule has 0 amide bonds. The molecule has 0 saturated carbocycles. The number of hydrogen-bond donors (Lipinski definition) is 3. The van der Waals surface area contributed by atoms with Crippen LogP contribution in [0, 0.1) is 23.7 Å². The topological polar surface area (TPSA) is 237 Å². The second-order valence-electron chi connectivity index (χ2n) is 27.8. The Morgan fingerprint density at radius 2 is 0.522 bits per heavy atom. The minimum absolute atomic E-state index is 0.105. The summed E-state index contributed by atoms with van der Waals surface area (Å²) in [6.07, 6.45) is 45.8. The first-order valence-corrected chi connectivity index (χ1v) is 40.8. The van der Waals surface area contributed by atoms with Crippen LogP contribution >= 0.6 is 15.6 Å². The molecule has 0 aromatic heterocycles. The number of ether oxygens (including phenoxy) is 4. The van der Waals surface area contributed by atoms with Crippen LogP contribution in [-0.4, -0.2) is 96.7 Å². The second kappa shape index (κ2) is 62.6. The van der Waals surface area contributed by atoms with Crippen molar-refractivity contribution in [2.24, 2.45) is 23.7 Å². The molecular weight excluding hydrogens is 1210 g/mol. The van der Waals surface area contributed by atoms with Crippen molar-refractivity contribution in [1.82, 2.24) is 0 Å². The predicted molar refractivity (Wildman–Crippen MR) is 372 cm³/mol. The maximum Gasteiger partial charge on any atom is 0.472 e. The van der Waals surface area contributed by atoms with Crippen molar-refractivity contribution in [3.05, 3.63) is 0 Å². The van der Waals surface area contributed by atoms with E-state index in [9.17, 15) is 43.2 Å². The smallest absolute Gasteiger partial charge is 0.462 e. The molecular formula is C73H142O17P2.